The fourth-order valence-corrected chi connectivity index (χ4v) is 2.27. The second-order valence-electron chi connectivity index (χ2n) is 5.94. The van der Waals surface area contributed by atoms with Gasteiger partial charge >= 0.3 is 0 Å². The van der Waals surface area contributed by atoms with Gasteiger partial charge in [-0.1, -0.05) is 30.3 Å². The van der Waals surface area contributed by atoms with Crippen LogP contribution in [-0.2, 0) is 6.42 Å². The Kier molecular flexibility index (Phi) is 6.49. The van der Waals surface area contributed by atoms with Crippen LogP contribution in [-0.4, -0.2) is 29.4 Å². The van der Waals surface area contributed by atoms with Crippen LogP contribution < -0.4 is 10.6 Å². The lowest BCUT2D eigenvalue weighted by atomic mass is 10.1. The molecule has 0 radical (unpaired) electrons. The summed E-state index contributed by atoms with van der Waals surface area (Å²) in [5.41, 5.74) is 2.03. The van der Waals surface area contributed by atoms with Crippen LogP contribution in [0, 0.1) is 0 Å². The SMILES string of the molecule is CC(C)NC(=O)c1cncc(C(=O)NCCCc2ccccc2)c1. The Morgan fingerprint density at radius 1 is 1.04 bits per heavy atom. The number of amides is 2. The van der Waals surface area contributed by atoms with Crippen LogP contribution in [0.25, 0.3) is 0 Å². The first kappa shape index (κ1) is 17.7. The summed E-state index contributed by atoms with van der Waals surface area (Å²) in [4.78, 5) is 28.1. The fourth-order valence-electron chi connectivity index (χ4n) is 2.27. The number of nitrogens with zero attached hydrogens (tertiary/aromatic N) is 1. The zero-order valence-electron chi connectivity index (χ0n) is 14.1. The van der Waals surface area contributed by atoms with Crippen LogP contribution in [0.5, 0.6) is 0 Å². The number of hydrogen-bond acceptors (Lipinski definition) is 3. The third-order valence-electron chi connectivity index (χ3n) is 3.45. The quantitative estimate of drug-likeness (QED) is 0.769. The normalized spacial score (nSPS) is 10.5. The number of benzene rings is 1. The third-order valence-corrected chi connectivity index (χ3v) is 3.45. The fraction of sp³-hybridized carbons (Fsp3) is 0.316. The van der Waals surface area contributed by atoms with Crippen molar-refractivity contribution in [1.29, 1.82) is 0 Å². The number of nitrogens with one attached hydrogen (secondary N) is 2. The smallest absolute Gasteiger partial charge is 0.253 e. The van der Waals surface area contributed by atoms with E-state index in [-0.39, 0.29) is 17.9 Å². The zero-order valence-corrected chi connectivity index (χ0v) is 14.1. The van der Waals surface area contributed by atoms with E-state index in [1.165, 1.54) is 18.0 Å². The van der Waals surface area contributed by atoms with E-state index in [9.17, 15) is 9.59 Å². The molecule has 0 atom stereocenters. The van der Waals surface area contributed by atoms with Gasteiger partial charge in [0, 0.05) is 25.0 Å². The third kappa shape index (κ3) is 5.50. The lowest BCUT2D eigenvalue weighted by Gasteiger charge is -2.09. The predicted octanol–water partition coefficient (Wildman–Crippen LogP) is 2.58. The molecule has 2 amide bonds. The molecule has 0 aliphatic heterocycles. The van der Waals surface area contributed by atoms with Crippen LogP contribution in [0.3, 0.4) is 0 Å². The maximum Gasteiger partial charge on any atom is 0.253 e. The van der Waals surface area contributed by atoms with Gasteiger partial charge in [-0.3, -0.25) is 14.6 Å². The summed E-state index contributed by atoms with van der Waals surface area (Å²) >= 11 is 0. The molecule has 1 aromatic carbocycles. The summed E-state index contributed by atoms with van der Waals surface area (Å²) in [5.74, 6) is -0.439. The molecule has 0 spiro atoms. The van der Waals surface area contributed by atoms with Gasteiger partial charge in [-0.05, 0) is 38.3 Å². The summed E-state index contributed by atoms with van der Waals surface area (Å²) in [5, 5.41) is 5.65. The Morgan fingerprint density at radius 2 is 1.71 bits per heavy atom. The second-order valence-corrected chi connectivity index (χ2v) is 5.94. The van der Waals surface area contributed by atoms with Gasteiger partial charge in [0.15, 0.2) is 0 Å². The largest absolute Gasteiger partial charge is 0.352 e. The van der Waals surface area contributed by atoms with E-state index in [0.717, 1.165) is 12.8 Å². The van der Waals surface area contributed by atoms with Gasteiger partial charge in [0.1, 0.15) is 0 Å². The van der Waals surface area contributed by atoms with E-state index in [1.807, 2.05) is 32.0 Å². The van der Waals surface area contributed by atoms with Crippen molar-refractivity contribution < 1.29 is 9.59 Å². The van der Waals surface area contributed by atoms with Crippen LogP contribution in [0.2, 0.25) is 0 Å². The maximum atomic E-state index is 12.2. The minimum atomic E-state index is -0.226. The topological polar surface area (TPSA) is 71.1 Å². The number of aromatic nitrogens is 1. The highest BCUT2D eigenvalue weighted by atomic mass is 16.2. The molecule has 1 heterocycles. The van der Waals surface area contributed by atoms with Crippen molar-refractivity contribution >= 4 is 11.8 Å². The molecule has 2 N–H and O–H groups in total. The van der Waals surface area contributed by atoms with E-state index in [1.54, 1.807) is 6.07 Å². The Labute approximate surface area is 142 Å². The molecule has 126 valence electrons. The highest BCUT2D eigenvalue weighted by molar-refractivity contribution is 5.99. The number of carbonyl (C=O) groups excluding carboxylic acids is 2. The summed E-state index contributed by atoms with van der Waals surface area (Å²) in [6, 6.07) is 11.7. The van der Waals surface area contributed by atoms with E-state index >= 15 is 0 Å². The second kappa shape index (κ2) is 8.82. The molecule has 0 saturated carbocycles. The van der Waals surface area contributed by atoms with Gasteiger partial charge in [0.2, 0.25) is 0 Å². The van der Waals surface area contributed by atoms with Gasteiger partial charge in [-0.2, -0.15) is 0 Å². The van der Waals surface area contributed by atoms with E-state index in [0.29, 0.717) is 17.7 Å². The van der Waals surface area contributed by atoms with Gasteiger partial charge in [0.05, 0.1) is 11.1 Å². The first-order chi connectivity index (χ1) is 11.6. The lowest BCUT2D eigenvalue weighted by Crippen LogP contribution is -2.31. The summed E-state index contributed by atoms with van der Waals surface area (Å²) < 4.78 is 0. The van der Waals surface area contributed by atoms with Crippen LogP contribution in [0.15, 0.2) is 48.8 Å². The van der Waals surface area contributed by atoms with Crippen molar-refractivity contribution in [3.8, 4) is 0 Å². The van der Waals surface area contributed by atoms with Crippen molar-refractivity contribution in [3.05, 3.63) is 65.5 Å². The van der Waals surface area contributed by atoms with Crippen LogP contribution in [0.1, 0.15) is 46.5 Å². The minimum absolute atomic E-state index is 0.0352. The predicted molar refractivity (Wildman–Crippen MR) is 93.9 cm³/mol. The maximum absolute atomic E-state index is 12.2. The molecule has 0 aliphatic carbocycles. The Hall–Kier alpha value is -2.69. The molecule has 5 heteroatoms. The number of carbonyl (C=O) groups is 2. The molecule has 2 aromatic rings. The van der Waals surface area contributed by atoms with Crippen molar-refractivity contribution in [2.75, 3.05) is 6.54 Å². The van der Waals surface area contributed by atoms with Crippen LogP contribution >= 0.6 is 0 Å². The number of hydrogen-bond donors (Lipinski definition) is 2. The van der Waals surface area contributed by atoms with Gasteiger partial charge in [-0.25, -0.2) is 0 Å². The van der Waals surface area contributed by atoms with Gasteiger partial charge < -0.3 is 10.6 Å². The van der Waals surface area contributed by atoms with E-state index in [2.05, 4.69) is 27.8 Å². The van der Waals surface area contributed by atoms with E-state index < -0.39 is 0 Å². The molecule has 24 heavy (non-hydrogen) atoms. The molecule has 0 unspecified atom stereocenters. The molecule has 0 saturated heterocycles. The average Bonchev–Trinajstić information content (AvgIpc) is 2.59. The first-order valence-electron chi connectivity index (χ1n) is 8.14. The van der Waals surface area contributed by atoms with Crippen molar-refractivity contribution in [2.24, 2.45) is 0 Å². The standard InChI is InChI=1S/C19H23N3O2/c1-14(2)22-19(24)17-11-16(12-20-13-17)18(23)21-10-6-9-15-7-4-3-5-8-15/h3-5,7-8,11-14H,6,9-10H2,1-2H3,(H,21,23)(H,22,24). The molecule has 0 bridgehead atoms. The molecular weight excluding hydrogens is 302 g/mol. The van der Waals surface area contributed by atoms with E-state index in [4.69, 9.17) is 0 Å². The van der Waals surface area contributed by atoms with Crippen molar-refractivity contribution in [1.82, 2.24) is 15.6 Å². The highest BCUT2D eigenvalue weighted by Gasteiger charge is 2.11. The molecule has 0 aliphatic rings. The Bertz CT molecular complexity index is 684. The summed E-state index contributed by atoms with van der Waals surface area (Å²) in [6.07, 6.45) is 4.70. The lowest BCUT2D eigenvalue weighted by molar-refractivity contribution is 0.0942. The highest BCUT2D eigenvalue weighted by Crippen LogP contribution is 2.05. The molecule has 0 fully saturated rings. The zero-order chi connectivity index (χ0) is 17.4. The molecule has 1 aromatic heterocycles. The van der Waals surface area contributed by atoms with Crippen molar-refractivity contribution in [3.63, 3.8) is 0 Å². The first-order valence-corrected chi connectivity index (χ1v) is 8.14. The number of rotatable bonds is 7. The Morgan fingerprint density at radius 3 is 2.38 bits per heavy atom. The average molecular weight is 325 g/mol. The van der Waals surface area contributed by atoms with Gasteiger partial charge in [0.25, 0.3) is 11.8 Å². The Balaban J connectivity index is 1.85. The monoisotopic (exact) mass is 325 g/mol. The number of aryl methyl sites for hydroxylation is 1. The minimum Gasteiger partial charge on any atom is -0.352 e. The molecular formula is C19H23N3O2. The summed E-state index contributed by atoms with van der Waals surface area (Å²) in [6.45, 7) is 4.35. The molecule has 2 rings (SSSR count). The van der Waals surface area contributed by atoms with Crippen LogP contribution in [0.4, 0.5) is 0 Å². The summed E-state index contributed by atoms with van der Waals surface area (Å²) in [7, 11) is 0. The van der Waals surface area contributed by atoms with Gasteiger partial charge in [-0.15, -0.1) is 0 Å². The van der Waals surface area contributed by atoms with Crippen molar-refractivity contribution in [2.45, 2.75) is 32.7 Å². The number of pyridine rings is 1. The molecule has 5 nitrogen and oxygen atoms in total.